The van der Waals surface area contributed by atoms with E-state index in [9.17, 15) is 14.0 Å². The molecule has 1 fully saturated rings. The number of ether oxygens (including phenoxy) is 1. The molecule has 23 heavy (non-hydrogen) atoms. The van der Waals surface area contributed by atoms with E-state index in [1.807, 2.05) is 0 Å². The first-order valence-electron chi connectivity index (χ1n) is 7.79. The molecule has 0 unspecified atom stereocenters. The van der Waals surface area contributed by atoms with E-state index in [0.29, 0.717) is 45.8 Å². The quantitative estimate of drug-likeness (QED) is 0.899. The Morgan fingerprint density at radius 2 is 1.74 bits per heavy atom. The number of benzene rings is 1. The van der Waals surface area contributed by atoms with E-state index in [1.165, 1.54) is 12.1 Å². The molecule has 0 atom stereocenters. The number of nitrogens with one attached hydrogen (secondary N) is 1. The fraction of sp³-hybridized carbons (Fsp3) is 0.500. The Kier molecular flexibility index (Phi) is 6.19. The smallest absolute Gasteiger partial charge is 0.409 e. The second-order valence-electron chi connectivity index (χ2n) is 5.25. The molecule has 1 aliphatic heterocycles. The number of amides is 2. The third-order valence-corrected chi connectivity index (χ3v) is 3.67. The Morgan fingerprint density at radius 3 is 2.35 bits per heavy atom. The number of nitrogens with zero attached hydrogens (tertiary/aromatic N) is 2. The second kappa shape index (κ2) is 8.36. The Morgan fingerprint density at radius 1 is 1.13 bits per heavy atom. The number of anilines is 1. The third kappa shape index (κ3) is 5.12. The molecule has 1 N–H and O–H groups in total. The number of carbonyl (C=O) groups excluding carboxylic acids is 2. The molecule has 1 saturated heterocycles. The summed E-state index contributed by atoms with van der Waals surface area (Å²) in [6, 6.07) is 6.02. The molecule has 0 spiro atoms. The van der Waals surface area contributed by atoms with Crippen molar-refractivity contribution in [1.82, 2.24) is 9.80 Å². The molecule has 1 aliphatic rings. The average molecular weight is 323 g/mol. The zero-order valence-corrected chi connectivity index (χ0v) is 13.3. The lowest BCUT2D eigenvalue weighted by Crippen LogP contribution is -2.50. The van der Waals surface area contributed by atoms with Gasteiger partial charge in [0.25, 0.3) is 0 Å². The van der Waals surface area contributed by atoms with Gasteiger partial charge in [-0.05, 0) is 31.2 Å². The molecule has 0 saturated carbocycles. The van der Waals surface area contributed by atoms with E-state index in [-0.39, 0.29) is 17.8 Å². The largest absolute Gasteiger partial charge is 0.450 e. The van der Waals surface area contributed by atoms with Gasteiger partial charge in [-0.15, -0.1) is 0 Å². The molecule has 126 valence electrons. The number of piperazine rings is 1. The van der Waals surface area contributed by atoms with Crippen LogP contribution in [0.1, 0.15) is 13.3 Å². The van der Waals surface area contributed by atoms with Crippen molar-refractivity contribution in [3.8, 4) is 0 Å². The average Bonchev–Trinajstić information content (AvgIpc) is 2.57. The zero-order chi connectivity index (χ0) is 16.7. The van der Waals surface area contributed by atoms with Crippen LogP contribution in [0.4, 0.5) is 14.9 Å². The van der Waals surface area contributed by atoms with Crippen LogP contribution in [0.15, 0.2) is 24.3 Å². The van der Waals surface area contributed by atoms with Crippen LogP contribution < -0.4 is 5.32 Å². The van der Waals surface area contributed by atoms with Gasteiger partial charge in [-0.2, -0.15) is 0 Å². The van der Waals surface area contributed by atoms with Crippen LogP contribution in [0.3, 0.4) is 0 Å². The maximum absolute atomic E-state index is 12.8. The minimum absolute atomic E-state index is 0.0446. The molecule has 0 aliphatic carbocycles. The summed E-state index contributed by atoms with van der Waals surface area (Å²) in [5.41, 5.74) is 0.784. The lowest BCUT2D eigenvalue weighted by molar-refractivity contribution is -0.132. The van der Waals surface area contributed by atoms with Gasteiger partial charge >= 0.3 is 6.09 Å². The van der Waals surface area contributed by atoms with Gasteiger partial charge in [-0.3, -0.25) is 4.79 Å². The first kappa shape index (κ1) is 17.1. The van der Waals surface area contributed by atoms with Crippen molar-refractivity contribution in [1.29, 1.82) is 0 Å². The van der Waals surface area contributed by atoms with Crippen molar-refractivity contribution in [3.05, 3.63) is 30.1 Å². The molecule has 2 amide bonds. The van der Waals surface area contributed by atoms with Gasteiger partial charge in [-0.25, -0.2) is 9.18 Å². The Hall–Kier alpha value is -2.31. The van der Waals surface area contributed by atoms with E-state index in [0.717, 1.165) is 5.69 Å². The highest BCUT2D eigenvalue weighted by Crippen LogP contribution is 2.09. The molecule has 2 rings (SSSR count). The predicted octanol–water partition coefficient (Wildman–Crippen LogP) is 1.93. The summed E-state index contributed by atoms with van der Waals surface area (Å²) in [5, 5.41) is 3.09. The van der Waals surface area contributed by atoms with Crippen molar-refractivity contribution >= 4 is 17.7 Å². The summed E-state index contributed by atoms with van der Waals surface area (Å²) in [4.78, 5) is 27.1. The van der Waals surface area contributed by atoms with Crippen molar-refractivity contribution in [2.24, 2.45) is 0 Å². The first-order valence-corrected chi connectivity index (χ1v) is 7.79. The van der Waals surface area contributed by atoms with Gasteiger partial charge < -0.3 is 19.9 Å². The second-order valence-corrected chi connectivity index (χ2v) is 5.25. The van der Waals surface area contributed by atoms with Gasteiger partial charge in [0.1, 0.15) is 5.82 Å². The van der Waals surface area contributed by atoms with Crippen LogP contribution in [-0.4, -0.2) is 61.1 Å². The van der Waals surface area contributed by atoms with Crippen LogP contribution >= 0.6 is 0 Å². The molecule has 0 radical (unpaired) electrons. The van der Waals surface area contributed by atoms with E-state index in [2.05, 4.69) is 5.32 Å². The van der Waals surface area contributed by atoms with Crippen LogP contribution in [0.5, 0.6) is 0 Å². The van der Waals surface area contributed by atoms with Gasteiger partial charge in [0, 0.05) is 44.8 Å². The van der Waals surface area contributed by atoms with Gasteiger partial charge in [0.05, 0.1) is 6.61 Å². The van der Waals surface area contributed by atoms with Crippen molar-refractivity contribution < 1.29 is 18.7 Å². The third-order valence-electron chi connectivity index (χ3n) is 3.67. The lowest BCUT2D eigenvalue weighted by atomic mass is 10.2. The topological polar surface area (TPSA) is 61.9 Å². The molecule has 0 aromatic heterocycles. The Bertz CT molecular complexity index is 528. The standard InChI is InChI=1S/C16H22FN3O3/c1-2-23-16(22)20-11-9-19(10-12-20)15(21)7-8-18-14-5-3-13(17)4-6-14/h3-6,18H,2,7-12H2,1H3. The number of rotatable bonds is 5. The van der Waals surface area contributed by atoms with Crippen LogP contribution in [0.2, 0.25) is 0 Å². The molecular weight excluding hydrogens is 301 g/mol. The predicted molar refractivity (Wildman–Crippen MR) is 84.7 cm³/mol. The highest BCUT2D eigenvalue weighted by Gasteiger charge is 2.24. The monoisotopic (exact) mass is 323 g/mol. The highest BCUT2D eigenvalue weighted by atomic mass is 19.1. The van der Waals surface area contributed by atoms with Crippen LogP contribution in [0.25, 0.3) is 0 Å². The number of hydrogen-bond donors (Lipinski definition) is 1. The minimum Gasteiger partial charge on any atom is -0.450 e. The SMILES string of the molecule is CCOC(=O)N1CCN(C(=O)CCNc2ccc(F)cc2)CC1. The Labute approximate surface area is 135 Å². The summed E-state index contributed by atoms with van der Waals surface area (Å²) in [7, 11) is 0. The van der Waals surface area contributed by atoms with Crippen molar-refractivity contribution in [3.63, 3.8) is 0 Å². The number of hydrogen-bond acceptors (Lipinski definition) is 4. The summed E-state index contributed by atoms with van der Waals surface area (Å²) in [5.74, 6) is -0.241. The van der Waals surface area contributed by atoms with E-state index in [1.54, 1.807) is 28.9 Å². The fourth-order valence-electron chi connectivity index (χ4n) is 2.39. The van der Waals surface area contributed by atoms with Gasteiger partial charge in [0.15, 0.2) is 0 Å². The van der Waals surface area contributed by atoms with Crippen LogP contribution in [-0.2, 0) is 9.53 Å². The normalized spacial score (nSPS) is 14.5. The first-order chi connectivity index (χ1) is 11.1. The maximum Gasteiger partial charge on any atom is 0.409 e. The van der Waals surface area contributed by atoms with Gasteiger partial charge in [0.2, 0.25) is 5.91 Å². The molecular formula is C16H22FN3O3. The molecule has 6 nitrogen and oxygen atoms in total. The molecule has 0 bridgehead atoms. The molecule has 1 heterocycles. The minimum atomic E-state index is -0.322. The molecule has 1 aromatic carbocycles. The zero-order valence-electron chi connectivity index (χ0n) is 13.3. The lowest BCUT2D eigenvalue weighted by Gasteiger charge is -2.34. The van der Waals surface area contributed by atoms with Crippen molar-refractivity contribution in [2.45, 2.75) is 13.3 Å². The summed E-state index contributed by atoms with van der Waals surface area (Å²) < 4.78 is 17.7. The summed E-state index contributed by atoms with van der Waals surface area (Å²) in [6.07, 6.45) is 0.0362. The van der Waals surface area contributed by atoms with Crippen LogP contribution in [0, 0.1) is 5.82 Å². The van der Waals surface area contributed by atoms with E-state index >= 15 is 0 Å². The van der Waals surface area contributed by atoms with E-state index in [4.69, 9.17) is 4.74 Å². The molecule has 1 aromatic rings. The fourth-order valence-corrected chi connectivity index (χ4v) is 2.39. The number of halogens is 1. The maximum atomic E-state index is 12.8. The summed E-state index contributed by atoms with van der Waals surface area (Å²) in [6.45, 7) is 4.65. The van der Waals surface area contributed by atoms with E-state index < -0.39 is 0 Å². The highest BCUT2D eigenvalue weighted by molar-refractivity contribution is 5.77. The van der Waals surface area contributed by atoms with Gasteiger partial charge in [-0.1, -0.05) is 0 Å². The van der Waals surface area contributed by atoms with Crippen molar-refractivity contribution in [2.75, 3.05) is 44.6 Å². The number of carbonyl (C=O) groups is 2. The molecule has 7 heteroatoms. The summed E-state index contributed by atoms with van der Waals surface area (Å²) >= 11 is 0. The Balaban J connectivity index is 1.68.